The highest BCUT2D eigenvalue weighted by molar-refractivity contribution is 5.67. The molecule has 0 aliphatic heterocycles. The fourth-order valence-electron chi connectivity index (χ4n) is 7.81. The number of aliphatic hydroxyl groups excluding tert-OH is 1. The fourth-order valence-corrected chi connectivity index (χ4v) is 7.81. The van der Waals surface area contributed by atoms with Crippen LogP contribution in [0.5, 0.6) is 0 Å². The van der Waals surface area contributed by atoms with Crippen molar-refractivity contribution < 1.29 is 19.0 Å². The van der Waals surface area contributed by atoms with E-state index in [9.17, 15) is 14.3 Å². The predicted molar refractivity (Wildman–Crippen MR) is 107 cm³/mol. The second-order valence-corrected chi connectivity index (χ2v) is 10.6. The van der Waals surface area contributed by atoms with E-state index in [1.54, 1.807) is 0 Å². The van der Waals surface area contributed by atoms with Gasteiger partial charge in [0.05, 0.1) is 12.8 Å². The van der Waals surface area contributed by atoms with Gasteiger partial charge < -0.3 is 15.2 Å². The fraction of sp³-hybridized carbons (Fsp3) is 0.957. The van der Waals surface area contributed by atoms with E-state index in [1.165, 1.54) is 25.7 Å². The molecule has 8 atom stereocenters. The molecule has 0 aromatic rings. The molecule has 4 rings (SSSR count). The van der Waals surface area contributed by atoms with Crippen LogP contribution in [-0.4, -0.2) is 36.6 Å². The van der Waals surface area contributed by atoms with Gasteiger partial charge in [-0.25, -0.2) is 4.79 Å². The summed E-state index contributed by atoms with van der Waals surface area (Å²) >= 11 is 0. The third-order valence-corrected chi connectivity index (χ3v) is 9.38. The Morgan fingerprint density at radius 1 is 1.07 bits per heavy atom. The van der Waals surface area contributed by atoms with Crippen molar-refractivity contribution in [1.29, 1.82) is 0 Å². The van der Waals surface area contributed by atoms with Gasteiger partial charge >= 0.3 is 6.09 Å². The molecule has 0 spiro atoms. The molecule has 4 saturated carbocycles. The number of hydrogen-bond acceptors (Lipinski definition) is 3. The average Bonchev–Trinajstić information content (AvgIpc) is 2.99. The summed E-state index contributed by atoms with van der Waals surface area (Å²) in [6, 6.07) is 0. The lowest BCUT2D eigenvalue weighted by atomic mass is 9.45. The zero-order valence-corrected chi connectivity index (χ0v) is 17.6. The molecule has 0 unspecified atom stereocenters. The molecule has 0 saturated heterocycles. The highest BCUT2D eigenvalue weighted by Crippen LogP contribution is 2.66. The number of ether oxygens (including phenoxy) is 1. The van der Waals surface area contributed by atoms with Gasteiger partial charge in [0, 0.05) is 12.0 Å². The number of fused-ring (bicyclic) bond motifs is 5. The SMILES string of the molecule is C[C@]12CC[C@H](O)C[C@@H]1CC[C@@H]1[C@@H]2CC[C@]2(C)[C@@H](OC(=O)NCCCF)CC[C@@H]12. The maximum atomic E-state index is 12.3. The number of carbonyl (C=O) groups excluding carboxylic acids is 1. The van der Waals surface area contributed by atoms with Crippen LogP contribution in [0.25, 0.3) is 0 Å². The summed E-state index contributed by atoms with van der Waals surface area (Å²) in [6.07, 6.45) is 9.97. The molecule has 1 amide bonds. The van der Waals surface area contributed by atoms with Crippen molar-refractivity contribution in [3.8, 4) is 0 Å². The van der Waals surface area contributed by atoms with Crippen LogP contribution in [0.4, 0.5) is 9.18 Å². The molecule has 0 bridgehead atoms. The lowest BCUT2D eigenvalue weighted by Gasteiger charge is -2.60. The zero-order chi connectivity index (χ0) is 19.9. The summed E-state index contributed by atoms with van der Waals surface area (Å²) in [5.41, 5.74) is 0.460. The van der Waals surface area contributed by atoms with E-state index < -0.39 is 6.67 Å². The molecular formula is C23H38FNO3. The largest absolute Gasteiger partial charge is 0.446 e. The second kappa shape index (κ2) is 7.77. The number of alkyl halides is 1. The van der Waals surface area contributed by atoms with Crippen molar-refractivity contribution in [2.45, 2.75) is 90.3 Å². The second-order valence-electron chi connectivity index (χ2n) is 10.6. The van der Waals surface area contributed by atoms with Crippen molar-refractivity contribution in [1.82, 2.24) is 5.32 Å². The summed E-state index contributed by atoms with van der Waals surface area (Å²) in [5, 5.41) is 12.9. The number of carbonyl (C=O) groups is 1. The van der Waals surface area contributed by atoms with Gasteiger partial charge in [0.15, 0.2) is 0 Å². The molecule has 4 fully saturated rings. The van der Waals surface area contributed by atoms with Gasteiger partial charge in [-0.15, -0.1) is 0 Å². The standard InChI is InChI=1S/C23H38FNO3/c1-22-10-8-16(26)14-15(22)4-5-17-18-6-7-20(23(18,2)11-9-19(17)22)28-21(27)25-13-3-12-24/h15-20,26H,3-14H2,1-2H3,(H,25,27)/t15-,16-,17-,18-,19-,20-,22-,23-/m0/s1. The minimum atomic E-state index is -0.413. The molecule has 0 aromatic heterocycles. The molecule has 4 nitrogen and oxygen atoms in total. The first kappa shape index (κ1) is 20.4. The third kappa shape index (κ3) is 3.36. The van der Waals surface area contributed by atoms with Gasteiger partial charge in [-0.2, -0.15) is 0 Å². The smallest absolute Gasteiger partial charge is 0.407 e. The predicted octanol–water partition coefficient (Wildman–Crippen LogP) is 4.84. The van der Waals surface area contributed by atoms with E-state index in [-0.39, 0.29) is 23.7 Å². The number of hydrogen-bond donors (Lipinski definition) is 2. The van der Waals surface area contributed by atoms with Gasteiger partial charge in [0.2, 0.25) is 0 Å². The first-order valence-corrected chi connectivity index (χ1v) is 11.6. The summed E-state index contributed by atoms with van der Waals surface area (Å²) in [6.45, 7) is 4.78. The molecule has 0 heterocycles. The van der Waals surface area contributed by atoms with Crippen molar-refractivity contribution in [2.75, 3.05) is 13.2 Å². The highest BCUT2D eigenvalue weighted by Gasteiger charge is 2.61. The maximum Gasteiger partial charge on any atom is 0.407 e. The number of halogens is 1. The van der Waals surface area contributed by atoms with E-state index in [2.05, 4.69) is 19.2 Å². The Morgan fingerprint density at radius 3 is 2.61 bits per heavy atom. The summed E-state index contributed by atoms with van der Waals surface area (Å²) in [7, 11) is 0. The summed E-state index contributed by atoms with van der Waals surface area (Å²) < 4.78 is 18.1. The number of rotatable bonds is 4. The summed E-state index contributed by atoms with van der Waals surface area (Å²) in [4.78, 5) is 12.2. The first-order valence-electron chi connectivity index (χ1n) is 11.6. The molecule has 4 aliphatic rings. The average molecular weight is 396 g/mol. The van der Waals surface area contributed by atoms with Gasteiger partial charge in [-0.05, 0) is 93.3 Å². The summed E-state index contributed by atoms with van der Waals surface area (Å²) in [5.74, 6) is 2.81. The first-order chi connectivity index (χ1) is 13.4. The molecule has 0 aromatic carbocycles. The van der Waals surface area contributed by atoms with Crippen LogP contribution in [0.1, 0.15) is 78.1 Å². The van der Waals surface area contributed by atoms with Gasteiger partial charge in [0.1, 0.15) is 6.10 Å². The van der Waals surface area contributed by atoms with E-state index in [0.717, 1.165) is 43.9 Å². The Balaban J connectivity index is 1.44. The van der Waals surface area contributed by atoms with Crippen LogP contribution in [-0.2, 0) is 4.74 Å². The number of alkyl carbamates (subject to hydrolysis) is 1. The van der Waals surface area contributed by atoms with E-state index in [0.29, 0.717) is 30.2 Å². The Morgan fingerprint density at radius 2 is 1.82 bits per heavy atom. The van der Waals surface area contributed by atoms with Gasteiger partial charge in [-0.1, -0.05) is 13.8 Å². The normalized spacial score (nSPS) is 47.6. The number of amides is 1. The topological polar surface area (TPSA) is 58.6 Å². The Kier molecular flexibility index (Phi) is 5.67. The van der Waals surface area contributed by atoms with Crippen LogP contribution in [0.3, 0.4) is 0 Å². The van der Waals surface area contributed by atoms with Crippen molar-refractivity contribution in [3.05, 3.63) is 0 Å². The molecule has 28 heavy (non-hydrogen) atoms. The zero-order valence-electron chi connectivity index (χ0n) is 17.6. The van der Waals surface area contributed by atoms with E-state index in [1.807, 2.05) is 0 Å². The van der Waals surface area contributed by atoms with E-state index in [4.69, 9.17) is 4.74 Å². The lowest BCUT2D eigenvalue weighted by molar-refractivity contribution is -0.134. The molecule has 0 radical (unpaired) electrons. The molecular weight excluding hydrogens is 357 g/mol. The molecule has 2 N–H and O–H groups in total. The Hall–Kier alpha value is -0.840. The third-order valence-electron chi connectivity index (χ3n) is 9.38. The van der Waals surface area contributed by atoms with Crippen LogP contribution in [0, 0.1) is 34.5 Å². The van der Waals surface area contributed by atoms with E-state index >= 15 is 0 Å². The van der Waals surface area contributed by atoms with Gasteiger partial charge in [-0.3, -0.25) is 4.39 Å². The van der Waals surface area contributed by atoms with Crippen LogP contribution in [0.15, 0.2) is 0 Å². The quantitative estimate of drug-likeness (QED) is 0.670. The lowest BCUT2D eigenvalue weighted by Crippen LogP contribution is -2.54. The van der Waals surface area contributed by atoms with Crippen LogP contribution in [0.2, 0.25) is 0 Å². The minimum absolute atomic E-state index is 0.0115. The molecule has 160 valence electrons. The maximum absolute atomic E-state index is 12.3. The Bertz CT molecular complexity index is 586. The molecule has 5 heteroatoms. The van der Waals surface area contributed by atoms with Gasteiger partial charge in [0.25, 0.3) is 0 Å². The van der Waals surface area contributed by atoms with Crippen LogP contribution >= 0.6 is 0 Å². The van der Waals surface area contributed by atoms with Crippen LogP contribution < -0.4 is 5.32 Å². The van der Waals surface area contributed by atoms with Crippen molar-refractivity contribution >= 4 is 6.09 Å². The molecule has 4 aliphatic carbocycles. The monoisotopic (exact) mass is 395 g/mol. The number of nitrogens with one attached hydrogen (secondary N) is 1. The Labute approximate surface area is 169 Å². The number of aliphatic hydroxyl groups is 1. The highest BCUT2D eigenvalue weighted by atomic mass is 19.1. The van der Waals surface area contributed by atoms with Crippen molar-refractivity contribution in [3.63, 3.8) is 0 Å². The van der Waals surface area contributed by atoms with Crippen molar-refractivity contribution in [2.24, 2.45) is 34.5 Å². The minimum Gasteiger partial charge on any atom is -0.446 e.